The molecule has 0 atom stereocenters. The van der Waals surface area contributed by atoms with Crippen LogP contribution in [-0.4, -0.2) is 17.1 Å². The summed E-state index contributed by atoms with van der Waals surface area (Å²) < 4.78 is 6.20. The van der Waals surface area contributed by atoms with Crippen LogP contribution in [0.3, 0.4) is 0 Å². The van der Waals surface area contributed by atoms with Crippen molar-refractivity contribution in [3.63, 3.8) is 0 Å². The molecule has 0 bridgehead atoms. The second-order valence-electron chi connectivity index (χ2n) is 5.18. The van der Waals surface area contributed by atoms with Gasteiger partial charge in [-0.15, -0.1) is 0 Å². The van der Waals surface area contributed by atoms with E-state index in [1.165, 1.54) is 0 Å². The molecule has 0 spiro atoms. The number of nitrogens with zero attached hydrogens (tertiary/aromatic N) is 2. The molecule has 122 valence electrons. The number of hydrogen-bond acceptors (Lipinski definition) is 5. The molecule has 0 aliphatic heterocycles. The highest BCUT2D eigenvalue weighted by Crippen LogP contribution is 2.25. The van der Waals surface area contributed by atoms with Crippen LogP contribution in [0.5, 0.6) is 5.75 Å². The van der Waals surface area contributed by atoms with Crippen molar-refractivity contribution in [3.8, 4) is 5.75 Å². The van der Waals surface area contributed by atoms with Crippen LogP contribution in [0.2, 0.25) is 0 Å². The molecule has 0 radical (unpaired) electrons. The van der Waals surface area contributed by atoms with Gasteiger partial charge in [-0.2, -0.15) is 4.98 Å². The Bertz CT molecular complexity index is 854. The van der Waals surface area contributed by atoms with E-state index >= 15 is 0 Å². The summed E-state index contributed by atoms with van der Waals surface area (Å²) in [7, 11) is 1.65. The van der Waals surface area contributed by atoms with E-state index in [2.05, 4.69) is 36.5 Å². The molecule has 0 fully saturated rings. The maximum absolute atomic E-state index is 5.24. The molecule has 1 heterocycles. The minimum atomic E-state index is 0.535. The van der Waals surface area contributed by atoms with Gasteiger partial charge in [0, 0.05) is 28.0 Å². The smallest absolute Gasteiger partial charge is 0.229 e. The first-order valence-electron chi connectivity index (χ1n) is 7.42. The van der Waals surface area contributed by atoms with Crippen molar-refractivity contribution in [2.45, 2.75) is 6.92 Å². The van der Waals surface area contributed by atoms with Crippen LogP contribution in [0.1, 0.15) is 5.69 Å². The third-order valence-electron chi connectivity index (χ3n) is 3.32. The standard InChI is InChI=1S/C18H17BrN4O/c1-12-10-17(21-13-6-5-7-14(11-13)24-2)23-18(20-12)22-16-9-4-3-8-15(16)19/h3-11H,1-2H3,(H2,20,21,22,23). The Morgan fingerprint density at radius 2 is 1.79 bits per heavy atom. The number of para-hydroxylation sites is 1. The zero-order chi connectivity index (χ0) is 16.9. The zero-order valence-corrected chi connectivity index (χ0v) is 15.0. The van der Waals surface area contributed by atoms with Gasteiger partial charge in [0.15, 0.2) is 0 Å². The summed E-state index contributed by atoms with van der Waals surface area (Å²) in [6.45, 7) is 1.93. The van der Waals surface area contributed by atoms with Crippen molar-refractivity contribution in [3.05, 3.63) is 64.8 Å². The fourth-order valence-corrected chi connectivity index (χ4v) is 2.60. The number of nitrogens with one attached hydrogen (secondary N) is 2. The van der Waals surface area contributed by atoms with Gasteiger partial charge in [-0.1, -0.05) is 18.2 Å². The number of benzene rings is 2. The second kappa shape index (κ2) is 7.31. The van der Waals surface area contributed by atoms with Gasteiger partial charge in [0.25, 0.3) is 0 Å². The summed E-state index contributed by atoms with van der Waals surface area (Å²) in [4.78, 5) is 8.96. The lowest BCUT2D eigenvalue weighted by Crippen LogP contribution is -2.02. The number of hydrogen-bond donors (Lipinski definition) is 2. The van der Waals surface area contributed by atoms with Crippen molar-refractivity contribution in [2.24, 2.45) is 0 Å². The van der Waals surface area contributed by atoms with E-state index in [-0.39, 0.29) is 0 Å². The number of anilines is 4. The molecule has 5 nitrogen and oxygen atoms in total. The van der Waals surface area contributed by atoms with Gasteiger partial charge in [0.1, 0.15) is 11.6 Å². The molecule has 1 aromatic heterocycles. The normalized spacial score (nSPS) is 10.3. The van der Waals surface area contributed by atoms with Gasteiger partial charge < -0.3 is 15.4 Å². The third kappa shape index (κ3) is 4.02. The summed E-state index contributed by atoms with van der Waals surface area (Å²) in [5, 5.41) is 6.51. The average Bonchev–Trinajstić information content (AvgIpc) is 2.56. The Morgan fingerprint density at radius 3 is 2.58 bits per heavy atom. The summed E-state index contributed by atoms with van der Waals surface area (Å²) in [6, 6.07) is 17.4. The third-order valence-corrected chi connectivity index (χ3v) is 4.01. The van der Waals surface area contributed by atoms with Crippen LogP contribution in [0.15, 0.2) is 59.1 Å². The van der Waals surface area contributed by atoms with E-state index in [1.54, 1.807) is 7.11 Å². The van der Waals surface area contributed by atoms with Crippen LogP contribution >= 0.6 is 15.9 Å². The van der Waals surface area contributed by atoms with Crippen LogP contribution < -0.4 is 15.4 Å². The molecule has 0 saturated heterocycles. The number of methoxy groups -OCH3 is 1. The predicted octanol–water partition coefficient (Wildman–Crippen LogP) is 5.04. The number of aryl methyl sites for hydroxylation is 1. The molecular weight excluding hydrogens is 368 g/mol. The molecule has 6 heteroatoms. The summed E-state index contributed by atoms with van der Waals surface area (Å²) >= 11 is 3.51. The monoisotopic (exact) mass is 384 g/mol. The lowest BCUT2D eigenvalue weighted by Gasteiger charge is -2.11. The van der Waals surface area contributed by atoms with Crippen LogP contribution in [0, 0.1) is 6.92 Å². The number of halogens is 1. The SMILES string of the molecule is COc1cccc(Nc2cc(C)nc(Nc3ccccc3Br)n2)c1. The Kier molecular flexibility index (Phi) is 4.96. The zero-order valence-electron chi connectivity index (χ0n) is 13.4. The van der Waals surface area contributed by atoms with Crippen molar-refractivity contribution >= 4 is 39.1 Å². The molecule has 24 heavy (non-hydrogen) atoms. The quantitative estimate of drug-likeness (QED) is 0.644. The van der Waals surface area contributed by atoms with Crippen molar-refractivity contribution in [1.29, 1.82) is 0 Å². The fraction of sp³-hybridized carbons (Fsp3) is 0.111. The molecule has 0 aliphatic carbocycles. The molecule has 0 saturated carbocycles. The van der Waals surface area contributed by atoms with E-state index in [0.717, 1.165) is 27.3 Å². The molecule has 3 rings (SSSR count). The van der Waals surface area contributed by atoms with E-state index in [1.807, 2.05) is 61.5 Å². The predicted molar refractivity (Wildman–Crippen MR) is 100 cm³/mol. The Balaban J connectivity index is 1.84. The second-order valence-corrected chi connectivity index (χ2v) is 6.03. The van der Waals surface area contributed by atoms with E-state index in [9.17, 15) is 0 Å². The maximum atomic E-state index is 5.24. The van der Waals surface area contributed by atoms with E-state index in [4.69, 9.17) is 4.74 Å². The van der Waals surface area contributed by atoms with Crippen LogP contribution in [0.25, 0.3) is 0 Å². The highest BCUT2D eigenvalue weighted by Gasteiger charge is 2.06. The number of aromatic nitrogens is 2. The first kappa shape index (κ1) is 16.3. The Hall–Kier alpha value is -2.60. The van der Waals surface area contributed by atoms with Crippen molar-refractivity contribution < 1.29 is 4.74 Å². The molecule has 3 aromatic rings. The molecule has 2 N–H and O–H groups in total. The van der Waals surface area contributed by atoms with Gasteiger partial charge >= 0.3 is 0 Å². The van der Waals surface area contributed by atoms with Crippen LogP contribution in [0.4, 0.5) is 23.1 Å². The fourth-order valence-electron chi connectivity index (χ4n) is 2.22. The summed E-state index contributed by atoms with van der Waals surface area (Å²) in [5.41, 5.74) is 2.68. The summed E-state index contributed by atoms with van der Waals surface area (Å²) in [5.74, 6) is 2.04. The van der Waals surface area contributed by atoms with Crippen molar-refractivity contribution in [1.82, 2.24) is 9.97 Å². The van der Waals surface area contributed by atoms with E-state index < -0.39 is 0 Å². The average molecular weight is 385 g/mol. The number of ether oxygens (including phenoxy) is 1. The highest BCUT2D eigenvalue weighted by atomic mass is 79.9. The molecule has 0 amide bonds. The van der Waals surface area contributed by atoms with Gasteiger partial charge in [0.2, 0.25) is 5.95 Å². The minimum absolute atomic E-state index is 0.535. The largest absolute Gasteiger partial charge is 0.497 e. The molecule has 2 aromatic carbocycles. The van der Waals surface area contributed by atoms with Gasteiger partial charge in [-0.05, 0) is 47.1 Å². The van der Waals surface area contributed by atoms with Gasteiger partial charge in [-0.3, -0.25) is 0 Å². The van der Waals surface area contributed by atoms with Gasteiger partial charge in [-0.25, -0.2) is 4.98 Å². The van der Waals surface area contributed by atoms with E-state index in [0.29, 0.717) is 11.8 Å². The highest BCUT2D eigenvalue weighted by molar-refractivity contribution is 9.10. The Labute approximate surface area is 149 Å². The topological polar surface area (TPSA) is 59.1 Å². The lowest BCUT2D eigenvalue weighted by molar-refractivity contribution is 0.415. The maximum Gasteiger partial charge on any atom is 0.229 e. The van der Waals surface area contributed by atoms with Crippen LogP contribution in [-0.2, 0) is 0 Å². The molecule has 0 aliphatic rings. The Morgan fingerprint density at radius 1 is 0.958 bits per heavy atom. The molecular formula is C18H17BrN4O. The van der Waals surface area contributed by atoms with Crippen molar-refractivity contribution in [2.75, 3.05) is 17.7 Å². The first-order chi connectivity index (χ1) is 11.6. The molecule has 0 unspecified atom stereocenters. The lowest BCUT2D eigenvalue weighted by atomic mass is 10.3. The summed E-state index contributed by atoms with van der Waals surface area (Å²) in [6.07, 6.45) is 0. The minimum Gasteiger partial charge on any atom is -0.497 e. The first-order valence-corrected chi connectivity index (χ1v) is 8.21. The number of rotatable bonds is 5. The van der Waals surface area contributed by atoms with Gasteiger partial charge in [0.05, 0.1) is 12.8 Å².